The molecule has 0 spiro atoms. The van der Waals surface area contributed by atoms with Crippen molar-refractivity contribution in [1.82, 2.24) is 0 Å². The number of aliphatic hydroxyl groups is 1. The molecule has 0 bridgehead atoms. The molecule has 0 aliphatic rings. The van der Waals surface area contributed by atoms with Gasteiger partial charge in [-0.15, -0.1) is 0 Å². The van der Waals surface area contributed by atoms with E-state index in [2.05, 4.69) is 13.8 Å². The van der Waals surface area contributed by atoms with Gasteiger partial charge in [0.2, 0.25) is 0 Å². The molecule has 1 nitrogen and oxygen atoms in total. The monoisotopic (exact) mass is 326 g/mol. The Morgan fingerprint density at radius 1 is 0.478 bits per heavy atom. The molecule has 0 fully saturated rings. The lowest BCUT2D eigenvalue weighted by atomic mass is 10.0. The van der Waals surface area contributed by atoms with Gasteiger partial charge < -0.3 is 5.11 Å². The van der Waals surface area contributed by atoms with Crippen LogP contribution in [0.3, 0.4) is 0 Å². The van der Waals surface area contributed by atoms with Crippen LogP contribution in [0.4, 0.5) is 0 Å². The fraction of sp³-hybridized carbons (Fsp3) is 1.00. The van der Waals surface area contributed by atoms with E-state index in [1.54, 1.807) is 0 Å². The Hall–Kier alpha value is -0.0400. The molecule has 0 saturated carbocycles. The maximum Gasteiger partial charge on any atom is 0.0537 e. The molecular weight excluding hydrogens is 280 g/mol. The van der Waals surface area contributed by atoms with Crippen molar-refractivity contribution in [2.24, 2.45) is 0 Å². The highest BCUT2D eigenvalue weighted by atomic mass is 16.3. The highest BCUT2D eigenvalue weighted by molar-refractivity contribution is 4.54. The summed E-state index contributed by atoms with van der Waals surface area (Å²) in [6.45, 7) is 4.36. The van der Waals surface area contributed by atoms with Crippen LogP contribution in [0.5, 0.6) is 0 Å². The molecule has 1 heteroatoms. The first-order valence-corrected chi connectivity index (χ1v) is 11.0. The van der Waals surface area contributed by atoms with E-state index < -0.39 is 0 Å². The Morgan fingerprint density at radius 2 is 0.783 bits per heavy atom. The summed E-state index contributed by atoms with van der Waals surface area (Å²) in [5.74, 6) is 0. The summed E-state index contributed by atoms with van der Waals surface area (Å²) >= 11 is 0. The van der Waals surface area contributed by atoms with Crippen molar-refractivity contribution < 1.29 is 5.11 Å². The number of rotatable bonds is 19. The molecule has 0 aromatic carbocycles. The lowest BCUT2D eigenvalue weighted by Crippen LogP contribution is -2.03. The summed E-state index contributed by atoms with van der Waals surface area (Å²) < 4.78 is 0. The Bertz CT molecular complexity index is 202. The van der Waals surface area contributed by atoms with E-state index >= 15 is 0 Å². The van der Waals surface area contributed by atoms with E-state index in [4.69, 9.17) is 0 Å². The van der Waals surface area contributed by atoms with Gasteiger partial charge in [-0.05, 0) is 12.8 Å². The maximum absolute atomic E-state index is 9.48. The van der Waals surface area contributed by atoms with Crippen molar-refractivity contribution >= 4 is 0 Å². The fourth-order valence-electron chi connectivity index (χ4n) is 3.31. The van der Waals surface area contributed by atoms with Crippen LogP contribution in [0.2, 0.25) is 0 Å². The zero-order valence-corrected chi connectivity index (χ0v) is 16.5. The molecule has 0 aromatic rings. The Balaban J connectivity index is 2.97. The predicted molar refractivity (Wildman–Crippen MR) is 105 cm³/mol. The van der Waals surface area contributed by atoms with Gasteiger partial charge in [-0.1, -0.05) is 123 Å². The molecule has 1 atom stereocenters. The second kappa shape index (κ2) is 20.0. The van der Waals surface area contributed by atoms with Crippen molar-refractivity contribution in [2.45, 2.75) is 142 Å². The van der Waals surface area contributed by atoms with E-state index in [0.29, 0.717) is 0 Å². The third-order valence-corrected chi connectivity index (χ3v) is 5.11. The second-order valence-electron chi connectivity index (χ2n) is 7.51. The van der Waals surface area contributed by atoms with Gasteiger partial charge in [-0.2, -0.15) is 0 Å². The van der Waals surface area contributed by atoms with Crippen LogP contribution in [0.1, 0.15) is 136 Å². The van der Waals surface area contributed by atoms with Gasteiger partial charge in [0.05, 0.1) is 6.10 Å². The molecular formula is C22H46O. The normalized spacial score (nSPS) is 12.7. The quantitative estimate of drug-likeness (QED) is 0.240. The van der Waals surface area contributed by atoms with Gasteiger partial charge in [0.15, 0.2) is 0 Å². The van der Waals surface area contributed by atoms with Crippen molar-refractivity contribution in [3.63, 3.8) is 0 Å². The van der Waals surface area contributed by atoms with Crippen LogP contribution >= 0.6 is 0 Å². The van der Waals surface area contributed by atoms with Crippen LogP contribution in [0.15, 0.2) is 0 Å². The third kappa shape index (κ3) is 19.9. The Labute approximate surface area is 147 Å². The Kier molecular flexibility index (Phi) is 20.0. The molecule has 0 amide bonds. The molecule has 0 aliphatic heterocycles. The summed E-state index contributed by atoms with van der Waals surface area (Å²) in [6.07, 6.45) is 26.0. The molecule has 1 N–H and O–H groups in total. The van der Waals surface area contributed by atoms with Crippen LogP contribution in [-0.4, -0.2) is 11.2 Å². The van der Waals surface area contributed by atoms with Crippen LogP contribution in [0, 0.1) is 0 Å². The lowest BCUT2D eigenvalue weighted by Gasteiger charge is -2.06. The molecule has 0 unspecified atom stereocenters. The summed E-state index contributed by atoms with van der Waals surface area (Å²) in [5, 5.41) is 9.48. The SMILES string of the molecule is CCCCCCCCCCCCCCCCCCC[C@H](O)CC. The van der Waals surface area contributed by atoms with E-state index in [0.717, 1.165) is 12.8 Å². The van der Waals surface area contributed by atoms with Crippen LogP contribution in [0.25, 0.3) is 0 Å². The molecule has 0 saturated heterocycles. The van der Waals surface area contributed by atoms with Crippen molar-refractivity contribution in [1.29, 1.82) is 0 Å². The number of hydrogen-bond donors (Lipinski definition) is 1. The average molecular weight is 327 g/mol. The van der Waals surface area contributed by atoms with Gasteiger partial charge in [0.25, 0.3) is 0 Å². The van der Waals surface area contributed by atoms with E-state index in [1.807, 2.05) is 0 Å². The second-order valence-corrected chi connectivity index (χ2v) is 7.51. The summed E-state index contributed by atoms with van der Waals surface area (Å²) in [4.78, 5) is 0. The van der Waals surface area contributed by atoms with Crippen LogP contribution < -0.4 is 0 Å². The van der Waals surface area contributed by atoms with E-state index in [9.17, 15) is 5.11 Å². The maximum atomic E-state index is 9.48. The van der Waals surface area contributed by atoms with Gasteiger partial charge >= 0.3 is 0 Å². The van der Waals surface area contributed by atoms with E-state index in [-0.39, 0.29) is 6.10 Å². The van der Waals surface area contributed by atoms with Crippen molar-refractivity contribution in [3.05, 3.63) is 0 Å². The van der Waals surface area contributed by atoms with Gasteiger partial charge in [-0.3, -0.25) is 0 Å². The fourth-order valence-corrected chi connectivity index (χ4v) is 3.31. The topological polar surface area (TPSA) is 20.2 Å². The number of aliphatic hydroxyl groups excluding tert-OH is 1. The zero-order valence-electron chi connectivity index (χ0n) is 16.5. The number of hydrogen-bond acceptors (Lipinski definition) is 1. The van der Waals surface area contributed by atoms with Gasteiger partial charge in [0.1, 0.15) is 0 Å². The molecule has 0 aliphatic carbocycles. The molecule has 0 rings (SSSR count). The molecule has 0 aromatic heterocycles. The molecule has 0 radical (unpaired) electrons. The van der Waals surface area contributed by atoms with Gasteiger partial charge in [-0.25, -0.2) is 0 Å². The zero-order chi connectivity index (χ0) is 17.0. The highest BCUT2D eigenvalue weighted by Gasteiger charge is 1.99. The smallest absolute Gasteiger partial charge is 0.0537 e. The minimum Gasteiger partial charge on any atom is -0.393 e. The largest absolute Gasteiger partial charge is 0.393 e. The molecule has 23 heavy (non-hydrogen) atoms. The molecule has 140 valence electrons. The number of unbranched alkanes of at least 4 members (excludes halogenated alkanes) is 16. The average Bonchev–Trinajstić information content (AvgIpc) is 2.57. The lowest BCUT2D eigenvalue weighted by molar-refractivity contribution is 0.156. The summed E-state index contributed by atoms with van der Waals surface area (Å²) in [7, 11) is 0. The minimum atomic E-state index is -0.0497. The minimum absolute atomic E-state index is 0.0497. The first kappa shape index (κ1) is 23.0. The Morgan fingerprint density at radius 3 is 1.09 bits per heavy atom. The predicted octanol–water partition coefficient (Wildman–Crippen LogP) is 7.80. The van der Waals surface area contributed by atoms with E-state index in [1.165, 1.54) is 109 Å². The molecule has 0 heterocycles. The standard InChI is InChI=1S/C22H46O/c1-3-5-6-7-8-9-10-11-12-13-14-15-16-17-18-19-20-21-22(23)4-2/h22-23H,3-21H2,1-2H3/t22-/m1/s1. The van der Waals surface area contributed by atoms with Crippen molar-refractivity contribution in [2.75, 3.05) is 0 Å². The summed E-state index contributed by atoms with van der Waals surface area (Å²) in [6, 6.07) is 0. The van der Waals surface area contributed by atoms with Crippen LogP contribution in [-0.2, 0) is 0 Å². The first-order valence-electron chi connectivity index (χ1n) is 11.0. The first-order chi connectivity index (χ1) is 11.3. The van der Waals surface area contributed by atoms with Gasteiger partial charge in [0, 0.05) is 0 Å². The summed E-state index contributed by atoms with van der Waals surface area (Å²) in [5.41, 5.74) is 0. The highest BCUT2D eigenvalue weighted by Crippen LogP contribution is 2.14. The third-order valence-electron chi connectivity index (χ3n) is 5.11. The van der Waals surface area contributed by atoms with Crippen molar-refractivity contribution in [3.8, 4) is 0 Å².